The molecule has 4 heteroatoms. The number of phenols is 1. The summed E-state index contributed by atoms with van der Waals surface area (Å²) in [6.07, 6.45) is 0. The molecule has 0 unspecified atom stereocenters. The topological polar surface area (TPSA) is 54.4 Å². The lowest BCUT2D eigenvalue weighted by Crippen LogP contribution is -2.01. The van der Waals surface area contributed by atoms with E-state index in [1.165, 1.54) is 24.3 Å². The van der Waals surface area contributed by atoms with Crippen LogP contribution in [0.2, 0.25) is 0 Å². The lowest BCUT2D eigenvalue weighted by Gasteiger charge is -2.06. The molecule has 0 bridgehead atoms. The average molecular weight is 284 g/mol. The molecule has 0 heterocycles. The number of hydrogen-bond donors (Lipinski definition) is 1. The van der Waals surface area contributed by atoms with Crippen LogP contribution in [0.15, 0.2) is 76.5 Å². The molecular weight excluding hydrogens is 272 g/mol. The molecule has 3 aromatic rings. The molecule has 0 spiro atoms. The Morgan fingerprint density at radius 3 is 2.00 bits per heavy atom. The van der Waals surface area contributed by atoms with Gasteiger partial charge in [-0.25, -0.2) is 8.42 Å². The molecule has 0 radical (unpaired) electrons. The van der Waals surface area contributed by atoms with Crippen LogP contribution in [0.5, 0.6) is 5.75 Å². The zero-order valence-corrected chi connectivity index (χ0v) is 11.3. The SMILES string of the molecule is O=S(=O)(c1ccc(O)cc1)c1ccc2ccccc2c1. The summed E-state index contributed by atoms with van der Waals surface area (Å²) < 4.78 is 25.0. The van der Waals surface area contributed by atoms with E-state index in [0.29, 0.717) is 0 Å². The number of aromatic hydroxyl groups is 1. The van der Waals surface area contributed by atoms with Gasteiger partial charge in [-0.3, -0.25) is 0 Å². The van der Waals surface area contributed by atoms with Crippen LogP contribution in [0, 0.1) is 0 Å². The molecule has 0 atom stereocenters. The highest BCUT2D eigenvalue weighted by Crippen LogP contribution is 2.25. The Morgan fingerprint density at radius 1 is 0.700 bits per heavy atom. The van der Waals surface area contributed by atoms with Gasteiger partial charge in [-0.2, -0.15) is 0 Å². The van der Waals surface area contributed by atoms with E-state index < -0.39 is 9.84 Å². The third-order valence-electron chi connectivity index (χ3n) is 3.18. The third kappa shape index (κ3) is 2.14. The summed E-state index contributed by atoms with van der Waals surface area (Å²) in [5.41, 5.74) is 0. The summed E-state index contributed by atoms with van der Waals surface area (Å²) in [7, 11) is -3.56. The normalized spacial score (nSPS) is 11.6. The Balaban J connectivity index is 2.15. The van der Waals surface area contributed by atoms with Crippen molar-refractivity contribution in [3.05, 3.63) is 66.7 Å². The monoisotopic (exact) mass is 284 g/mol. The zero-order chi connectivity index (χ0) is 14.2. The van der Waals surface area contributed by atoms with E-state index in [1.54, 1.807) is 18.2 Å². The van der Waals surface area contributed by atoms with E-state index >= 15 is 0 Å². The second-order valence-corrected chi connectivity index (χ2v) is 6.46. The van der Waals surface area contributed by atoms with Gasteiger partial charge in [-0.15, -0.1) is 0 Å². The van der Waals surface area contributed by atoms with Crippen molar-refractivity contribution in [1.29, 1.82) is 0 Å². The Hall–Kier alpha value is -2.33. The van der Waals surface area contributed by atoms with Crippen molar-refractivity contribution in [3.8, 4) is 5.75 Å². The van der Waals surface area contributed by atoms with E-state index in [2.05, 4.69) is 0 Å². The van der Waals surface area contributed by atoms with Crippen molar-refractivity contribution in [2.24, 2.45) is 0 Å². The minimum atomic E-state index is -3.56. The van der Waals surface area contributed by atoms with Gasteiger partial charge in [0.05, 0.1) is 9.79 Å². The molecule has 0 saturated carbocycles. The smallest absolute Gasteiger partial charge is 0.206 e. The lowest BCUT2D eigenvalue weighted by atomic mass is 10.1. The number of hydrogen-bond acceptors (Lipinski definition) is 3. The van der Waals surface area contributed by atoms with E-state index in [0.717, 1.165) is 10.8 Å². The molecule has 3 rings (SSSR count). The highest BCUT2D eigenvalue weighted by Gasteiger charge is 2.17. The Morgan fingerprint density at radius 2 is 1.30 bits per heavy atom. The Bertz CT molecular complexity index is 866. The van der Waals surface area contributed by atoms with Gasteiger partial charge in [0.15, 0.2) is 0 Å². The van der Waals surface area contributed by atoms with Crippen molar-refractivity contribution in [2.45, 2.75) is 9.79 Å². The number of sulfone groups is 1. The molecule has 0 aromatic heterocycles. The van der Waals surface area contributed by atoms with Crippen molar-refractivity contribution >= 4 is 20.6 Å². The predicted octanol–water partition coefficient (Wildman–Crippen LogP) is 3.38. The first-order valence-electron chi connectivity index (χ1n) is 6.10. The molecule has 1 N–H and O–H groups in total. The van der Waals surface area contributed by atoms with Gasteiger partial charge in [0, 0.05) is 0 Å². The van der Waals surface area contributed by atoms with E-state index in [9.17, 15) is 13.5 Å². The second kappa shape index (κ2) is 4.65. The van der Waals surface area contributed by atoms with Crippen LogP contribution in [0.3, 0.4) is 0 Å². The summed E-state index contributed by atoms with van der Waals surface area (Å²) in [6, 6.07) is 18.2. The molecule has 0 aliphatic rings. The molecule has 0 saturated heterocycles. The van der Waals surface area contributed by atoms with Gasteiger partial charge in [-0.1, -0.05) is 30.3 Å². The van der Waals surface area contributed by atoms with Gasteiger partial charge < -0.3 is 5.11 Å². The fraction of sp³-hybridized carbons (Fsp3) is 0. The molecule has 3 nitrogen and oxygen atoms in total. The average Bonchev–Trinajstić information content (AvgIpc) is 2.47. The van der Waals surface area contributed by atoms with Gasteiger partial charge in [0.25, 0.3) is 0 Å². The molecular formula is C16H12O3S. The van der Waals surface area contributed by atoms with Crippen LogP contribution >= 0.6 is 0 Å². The van der Waals surface area contributed by atoms with Crippen molar-refractivity contribution in [2.75, 3.05) is 0 Å². The first-order valence-corrected chi connectivity index (χ1v) is 7.59. The quantitative estimate of drug-likeness (QED) is 0.785. The summed E-state index contributed by atoms with van der Waals surface area (Å²) in [5, 5.41) is 11.1. The predicted molar refractivity (Wildman–Crippen MR) is 77.5 cm³/mol. The van der Waals surface area contributed by atoms with Gasteiger partial charge in [0.1, 0.15) is 5.75 Å². The van der Waals surface area contributed by atoms with E-state index in [-0.39, 0.29) is 15.5 Å². The van der Waals surface area contributed by atoms with Crippen LogP contribution in [0.4, 0.5) is 0 Å². The van der Waals surface area contributed by atoms with Gasteiger partial charge in [0.2, 0.25) is 9.84 Å². The van der Waals surface area contributed by atoms with Crippen LogP contribution < -0.4 is 0 Å². The van der Waals surface area contributed by atoms with Crippen LogP contribution in [0.1, 0.15) is 0 Å². The first kappa shape index (κ1) is 12.7. The molecule has 0 aliphatic carbocycles. The summed E-state index contributed by atoms with van der Waals surface area (Å²) in [5.74, 6) is 0.0439. The molecule has 100 valence electrons. The van der Waals surface area contributed by atoms with Crippen molar-refractivity contribution in [3.63, 3.8) is 0 Å². The largest absolute Gasteiger partial charge is 0.508 e. The van der Waals surface area contributed by atoms with Crippen LogP contribution in [-0.2, 0) is 9.84 Å². The van der Waals surface area contributed by atoms with Gasteiger partial charge in [-0.05, 0) is 47.2 Å². The minimum Gasteiger partial charge on any atom is -0.508 e. The molecule has 0 fully saturated rings. The minimum absolute atomic E-state index is 0.0439. The second-order valence-electron chi connectivity index (χ2n) is 4.51. The van der Waals surface area contributed by atoms with Crippen LogP contribution in [-0.4, -0.2) is 13.5 Å². The fourth-order valence-electron chi connectivity index (χ4n) is 2.10. The number of benzene rings is 3. The number of fused-ring (bicyclic) bond motifs is 1. The number of rotatable bonds is 2. The summed E-state index contributed by atoms with van der Waals surface area (Å²) >= 11 is 0. The Labute approximate surface area is 117 Å². The molecule has 0 amide bonds. The molecule has 0 aliphatic heterocycles. The van der Waals surface area contributed by atoms with E-state index in [1.807, 2.05) is 24.3 Å². The fourth-order valence-corrected chi connectivity index (χ4v) is 3.39. The first-order chi connectivity index (χ1) is 9.57. The highest BCUT2D eigenvalue weighted by atomic mass is 32.2. The lowest BCUT2D eigenvalue weighted by molar-refractivity contribution is 0.475. The highest BCUT2D eigenvalue weighted by molar-refractivity contribution is 7.91. The summed E-state index contributed by atoms with van der Waals surface area (Å²) in [6.45, 7) is 0. The van der Waals surface area contributed by atoms with E-state index in [4.69, 9.17) is 0 Å². The van der Waals surface area contributed by atoms with Crippen molar-refractivity contribution in [1.82, 2.24) is 0 Å². The maximum atomic E-state index is 12.5. The van der Waals surface area contributed by atoms with Crippen LogP contribution in [0.25, 0.3) is 10.8 Å². The zero-order valence-electron chi connectivity index (χ0n) is 10.5. The van der Waals surface area contributed by atoms with Gasteiger partial charge >= 0.3 is 0 Å². The Kier molecular flexibility index (Phi) is 2.95. The molecule has 20 heavy (non-hydrogen) atoms. The summed E-state index contributed by atoms with van der Waals surface area (Å²) in [4.78, 5) is 0.424. The number of phenolic OH excluding ortho intramolecular Hbond substituents is 1. The third-order valence-corrected chi connectivity index (χ3v) is 4.95. The maximum Gasteiger partial charge on any atom is 0.206 e. The molecule has 3 aromatic carbocycles. The maximum absolute atomic E-state index is 12.5. The van der Waals surface area contributed by atoms with Crippen molar-refractivity contribution < 1.29 is 13.5 Å². The standard InChI is InChI=1S/C16H12O3S/c17-14-6-9-15(10-7-14)20(18,19)16-8-5-12-3-1-2-4-13(12)11-16/h1-11,17H.